The maximum Gasteiger partial charge on any atom is 0.417 e. The lowest BCUT2D eigenvalue weighted by atomic mass is 10.2. The number of carbonyl (C=O) groups excluding carboxylic acids is 1. The van der Waals surface area contributed by atoms with Crippen LogP contribution in [0.25, 0.3) is 0 Å². The Hall–Kier alpha value is -2.42. The quantitative estimate of drug-likeness (QED) is 0.733. The van der Waals surface area contributed by atoms with Crippen LogP contribution in [0.15, 0.2) is 34.5 Å². The number of alkyl halides is 3. The van der Waals surface area contributed by atoms with Gasteiger partial charge in [0.1, 0.15) is 12.5 Å². The number of anilines is 1. The molecule has 1 saturated carbocycles. The molecule has 0 bridgehead atoms. The fourth-order valence-electron chi connectivity index (χ4n) is 2.44. The number of amides is 1. The molecule has 26 heavy (non-hydrogen) atoms. The molecular weight excluding hydrogens is 371 g/mol. The molecule has 0 atom stereocenters. The molecule has 10 heteroatoms. The summed E-state index contributed by atoms with van der Waals surface area (Å²) in [5.74, 6) is 0.440. The zero-order valence-electron chi connectivity index (χ0n) is 13.8. The Morgan fingerprint density at radius 1 is 1.35 bits per heavy atom. The van der Waals surface area contributed by atoms with Crippen molar-refractivity contribution in [3.63, 3.8) is 0 Å². The molecule has 0 unspecified atom stereocenters. The summed E-state index contributed by atoms with van der Waals surface area (Å²) < 4.78 is 38.3. The minimum Gasteiger partial charge on any atom is -0.299 e. The average molecular weight is 386 g/mol. The van der Waals surface area contributed by atoms with Gasteiger partial charge in [0, 0.05) is 19.2 Å². The minimum atomic E-state index is -4.55. The first-order valence-corrected chi connectivity index (χ1v) is 8.12. The second-order valence-corrected chi connectivity index (χ2v) is 6.40. The van der Waals surface area contributed by atoms with E-state index in [-0.39, 0.29) is 34.9 Å². The lowest BCUT2D eigenvalue weighted by molar-refractivity contribution is -0.137. The van der Waals surface area contributed by atoms with Gasteiger partial charge in [0.25, 0.3) is 5.91 Å². The van der Waals surface area contributed by atoms with Gasteiger partial charge < -0.3 is 0 Å². The number of amidine groups is 1. The number of nitrogens with zero attached hydrogens (tertiary/aromatic N) is 5. The van der Waals surface area contributed by atoms with Crippen molar-refractivity contribution in [3.8, 4) is 0 Å². The smallest absolute Gasteiger partial charge is 0.299 e. The topological polar surface area (TPSA) is 61.2 Å². The monoisotopic (exact) mass is 385 g/mol. The molecule has 0 N–H and O–H groups in total. The molecule has 1 aliphatic carbocycles. The molecule has 1 amide bonds. The van der Waals surface area contributed by atoms with Crippen molar-refractivity contribution in [2.45, 2.75) is 19.0 Å². The Kier molecular flexibility index (Phi) is 4.74. The van der Waals surface area contributed by atoms with E-state index in [0.717, 1.165) is 18.9 Å². The summed E-state index contributed by atoms with van der Waals surface area (Å²) in [6, 6.07) is 0.781. The van der Waals surface area contributed by atoms with Crippen LogP contribution in [0, 0.1) is 5.92 Å². The minimum absolute atomic E-state index is 0.0135. The van der Waals surface area contributed by atoms with Crippen LogP contribution in [0.1, 0.15) is 18.4 Å². The summed E-state index contributed by atoms with van der Waals surface area (Å²) in [6.45, 7) is 3.64. The molecule has 6 nitrogen and oxygen atoms in total. The summed E-state index contributed by atoms with van der Waals surface area (Å²) in [5.41, 5.74) is -0.836. The molecule has 2 aliphatic rings. The van der Waals surface area contributed by atoms with Gasteiger partial charge in [0.2, 0.25) is 0 Å². The second-order valence-electron chi connectivity index (χ2n) is 5.99. The van der Waals surface area contributed by atoms with Crippen LogP contribution >= 0.6 is 11.6 Å². The lowest BCUT2D eigenvalue weighted by Crippen LogP contribution is -2.35. The van der Waals surface area contributed by atoms with Crippen molar-refractivity contribution >= 4 is 35.4 Å². The van der Waals surface area contributed by atoms with Gasteiger partial charge in [-0.2, -0.15) is 18.3 Å². The Balaban J connectivity index is 1.97. The Bertz CT molecular complexity index is 817. The summed E-state index contributed by atoms with van der Waals surface area (Å²) in [7, 11) is 1.61. The van der Waals surface area contributed by atoms with Gasteiger partial charge in [-0.15, -0.1) is 0 Å². The van der Waals surface area contributed by atoms with Gasteiger partial charge in [-0.05, 0) is 18.9 Å². The van der Waals surface area contributed by atoms with E-state index in [2.05, 4.69) is 21.7 Å². The Labute approximate surface area is 152 Å². The number of aromatic nitrogens is 1. The van der Waals surface area contributed by atoms with E-state index in [9.17, 15) is 18.0 Å². The highest BCUT2D eigenvalue weighted by Crippen LogP contribution is 2.35. The number of rotatable bonds is 2. The van der Waals surface area contributed by atoms with Crippen molar-refractivity contribution in [2.75, 3.05) is 18.7 Å². The highest BCUT2D eigenvalue weighted by molar-refractivity contribution is 6.33. The molecule has 0 aromatic carbocycles. The summed E-state index contributed by atoms with van der Waals surface area (Å²) in [5, 5.41) is 5.09. The highest BCUT2D eigenvalue weighted by atomic mass is 35.5. The SMILES string of the molecule is C=C1/C=N\N(c2ncc(C(F)(F)F)cc2Cl)C/N=C(/C2CC2)N(C)C1=O. The van der Waals surface area contributed by atoms with Gasteiger partial charge in [0.15, 0.2) is 5.82 Å². The summed E-state index contributed by atoms with van der Waals surface area (Å²) in [4.78, 5) is 22.0. The number of hydrogen-bond acceptors (Lipinski definition) is 5. The Morgan fingerprint density at radius 3 is 2.62 bits per heavy atom. The van der Waals surface area contributed by atoms with Crippen LogP contribution in [0.4, 0.5) is 19.0 Å². The molecule has 1 aromatic heterocycles. The van der Waals surface area contributed by atoms with Crippen LogP contribution in [0.2, 0.25) is 5.02 Å². The average Bonchev–Trinajstić information content (AvgIpc) is 3.40. The molecule has 1 fully saturated rings. The molecule has 0 saturated heterocycles. The van der Waals surface area contributed by atoms with E-state index in [4.69, 9.17) is 11.6 Å². The van der Waals surface area contributed by atoms with Gasteiger partial charge in [-0.25, -0.2) is 15.0 Å². The summed E-state index contributed by atoms with van der Waals surface area (Å²) >= 11 is 5.98. The normalized spacial score (nSPS) is 22.4. The van der Waals surface area contributed by atoms with Crippen LogP contribution < -0.4 is 5.01 Å². The second kappa shape index (κ2) is 6.71. The van der Waals surface area contributed by atoms with Crippen molar-refractivity contribution < 1.29 is 18.0 Å². The molecule has 0 spiro atoms. The fraction of sp³-hybridized carbons (Fsp3) is 0.375. The third-order valence-corrected chi connectivity index (χ3v) is 4.26. The zero-order valence-corrected chi connectivity index (χ0v) is 14.5. The first-order valence-electron chi connectivity index (χ1n) is 7.74. The molecule has 2 heterocycles. The molecule has 1 aromatic rings. The third-order valence-electron chi connectivity index (χ3n) is 3.98. The zero-order chi connectivity index (χ0) is 19.1. The number of hydrogen-bond donors (Lipinski definition) is 0. The van der Waals surface area contributed by atoms with Crippen LogP contribution in [0.3, 0.4) is 0 Å². The molecule has 138 valence electrons. The van der Waals surface area contributed by atoms with Gasteiger partial charge in [-0.1, -0.05) is 18.2 Å². The number of likely N-dealkylation sites (N-methyl/N-ethyl adjacent to an activating group) is 1. The van der Waals surface area contributed by atoms with E-state index in [0.29, 0.717) is 12.0 Å². The molecule has 0 radical (unpaired) electrons. The number of hydrazone groups is 1. The van der Waals surface area contributed by atoms with Crippen LogP contribution in [0.5, 0.6) is 0 Å². The molecule has 1 aliphatic heterocycles. The standard InChI is InChI=1S/C16H15ClF3N5O/c1-9-6-23-25(8-22-13(10-3-4-10)24(2)15(9)26)14-12(17)5-11(7-21-14)16(18,19)20/h5-7,10H,1,3-4,8H2,2H3/b22-13-,23-6-. The largest absolute Gasteiger partial charge is 0.417 e. The highest BCUT2D eigenvalue weighted by Gasteiger charge is 2.34. The summed E-state index contributed by atoms with van der Waals surface area (Å²) in [6.07, 6.45) is -0.806. The van der Waals surface area contributed by atoms with E-state index >= 15 is 0 Å². The Morgan fingerprint density at radius 2 is 2.04 bits per heavy atom. The van der Waals surface area contributed by atoms with Crippen LogP contribution in [-0.4, -0.2) is 41.6 Å². The number of carbonyl (C=O) groups is 1. The van der Waals surface area contributed by atoms with E-state index in [1.807, 2.05) is 0 Å². The van der Waals surface area contributed by atoms with Gasteiger partial charge >= 0.3 is 6.18 Å². The maximum absolute atomic E-state index is 12.8. The number of halogens is 4. The lowest BCUT2D eigenvalue weighted by Gasteiger charge is -2.20. The van der Waals surface area contributed by atoms with E-state index in [1.54, 1.807) is 7.05 Å². The van der Waals surface area contributed by atoms with Crippen LogP contribution in [-0.2, 0) is 11.0 Å². The third kappa shape index (κ3) is 3.72. The van der Waals surface area contributed by atoms with Crippen molar-refractivity contribution in [2.24, 2.45) is 16.0 Å². The van der Waals surface area contributed by atoms with E-state index < -0.39 is 11.7 Å². The van der Waals surface area contributed by atoms with Crippen molar-refractivity contribution in [3.05, 3.63) is 35.0 Å². The molecule has 3 rings (SSSR count). The van der Waals surface area contributed by atoms with Crippen molar-refractivity contribution in [1.82, 2.24) is 9.88 Å². The predicted octanol–water partition coefficient (Wildman–Crippen LogP) is 3.34. The first kappa shape index (κ1) is 18.4. The van der Waals surface area contributed by atoms with Gasteiger partial charge in [-0.3, -0.25) is 9.69 Å². The van der Waals surface area contributed by atoms with Crippen molar-refractivity contribution in [1.29, 1.82) is 0 Å². The molecular formula is C16H15ClF3N5O. The van der Waals surface area contributed by atoms with Gasteiger partial charge in [0.05, 0.1) is 22.4 Å². The maximum atomic E-state index is 12.8. The number of aliphatic imine (C=N–C) groups is 1. The number of pyridine rings is 1. The first-order chi connectivity index (χ1) is 12.2. The predicted molar refractivity (Wildman–Crippen MR) is 92.2 cm³/mol. The van der Waals surface area contributed by atoms with E-state index in [1.165, 1.54) is 16.1 Å². The fourth-order valence-corrected chi connectivity index (χ4v) is 2.70.